The first-order valence-electron chi connectivity index (χ1n) is 10.1. The Morgan fingerprint density at radius 2 is 1.91 bits per heavy atom. The van der Waals surface area contributed by atoms with Crippen LogP contribution in [0.25, 0.3) is 27.6 Å². The fraction of sp³-hybridized carbons (Fsp3) is 0.120. The predicted octanol–water partition coefficient (Wildman–Crippen LogP) is 4.50. The van der Waals surface area contributed by atoms with Crippen LogP contribution in [0.1, 0.15) is 27.3 Å². The summed E-state index contributed by atoms with van der Waals surface area (Å²) in [5.74, 6) is 0.0873. The molecule has 0 bridgehead atoms. The summed E-state index contributed by atoms with van der Waals surface area (Å²) in [4.78, 5) is 29.0. The van der Waals surface area contributed by atoms with Gasteiger partial charge in [0.05, 0.1) is 11.3 Å². The molecule has 5 rings (SSSR count). The zero-order valence-electron chi connectivity index (χ0n) is 17.5. The standard InChI is InChI=1S/C25H19N3O4/c1-15-11-16(2)28(27-15)22-10-8-18(13-26-22)25(30)31-14-19-12-23(29)32-21-9-7-17-5-3-4-6-20(17)24(19)21/h3-13H,14H2,1-2H3. The van der Waals surface area contributed by atoms with Crippen LogP contribution in [0.3, 0.4) is 0 Å². The highest BCUT2D eigenvalue weighted by Crippen LogP contribution is 2.28. The van der Waals surface area contributed by atoms with Crippen molar-refractivity contribution in [1.82, 2.24) is 14.8 Å². The van der Waals surface area contributed by atoms with Crippen LogP contribution < -0.4 is 5.63 Å². The molecule has 0 atom stereocenters. The lowest BCUT2D eigenvalue weighted by atomic mass is 10.0. The highest BCUT2D eigenvalue weighted by atomic mass is 16.5. The number of pyridine rings is 1. The molecule has 0 N–H and O–H groups in total. The van der Waals surface area contributed by atoms with Crippen molar-refractivity contribution < 1.29 is 13.9 Å². The fourth-order valence-corrected chi connectivity index (χ4v) is 3.85. The summed E-state index contributed by atoms with van der Waals surface area (Å²) in [6.45, 7) is 3.79. The highest BCUT2D eigenvalue weighted by Gasteiger charge is 2.14. The van der Waals surface area contributed by atoms with E-state index in [2.05, 4.69) is 10.1 Å². The minimum Gasteiger partial charge on any atom is -0.457 e. The Morgan fingerprint density at radius 3 is 2.66 bits per heavy atom. The number of nitrogens with zero attached hydrogens (tertiary/aromatic N) is 3. The second-order valence-electron chi connectivity index (χ2n) is 7.57. The molecule has 7 heteroatoms. The van der Waals surface area contributed by atoms with Crippen molar-refractivity contribution in [3.8, 4) is 5.82 Å². The van der Waals surface area contributed by atoms with Crippen molar-refractivity contribution in [3.63, 3.8) is 0 Å². The average Bonchev–Trinajstić information content (AvgIpc) is 3.14. The summed E-state index contributed by atoms with van der Waals surface area (Å²) in [5, 5.41) is 7.08. The molecule has 0 amide bonds. The third-order valence-corrected chi connectivity index (χ3v) is 5.28. The van der Waals surface area contributed by atoms with Gasteiger partial charge in [-0.2, -0.15) is 5.10 Å². The lowest BCUT2D eigenvalue weighted by Gasteiger charge is -2.10. The number of esters is 1. The van der Waals surface area contributed by atoms with E-state index in [9.17, 15) is 9.59 Å². The monoisotopic (exact) mass is 425 g/mol. The Morgan fingerprint density at radius 1 is 1.06 bits per heavy atom. The number of aromatic nitrogens is 3. The largest absolute Gasteiger partial charge is 0.457 e. The van der Waals surface area contributed by atoms with Gasteiger partial charge in [-0.25, -0.2) is 19.3 Å². The molecule has 0 radical (unpaired) electrons. The number of aryl methyl sites for hydroxylation is 2. The number of rotatable bonds is 4. The van der Waals surface area contributed by atoms with Gasteiger partial charge in [-0.1, -0.05) is 30.3 Å². The Balaban J connectivity index is 1.42. The molecular formula is C25H19N3O4. The summed E-state index contributed by atoms with van der Waals surface area (Å²) in [7, 11) is 0. The maximum absolute atomic E-state index is 12.6. The maximum atomic E-state index is 12.6. The van der Waals surface area contributed by atoms with Crippen LogP contribution in [0.4, 0.5) is 0 Å². The zero-order valence-corrected chi connectivity index (χ0v) is 17.5. The predicted molar refractivity (Wildman–Crippen MR) is 120 cm³/mol. The minimum atomic E-state index is -0.529. The van der Waals surface area contributed by atoms with Crippen LogP contribution in [-0.2, 0) is 11.3 Å². The SMILES string of the molecule is Cc1cc(C)n(-c2ccc(C(=O)OCc3cc(=O)oc4ccc5ccccc5c34)cn2)n1. The van der Waals surface area contributed by atoms with Gasteiger partial charge in [0.2, 0.25) is 0 Å². The van der Waals surface area contributed by atoms with Crippen LogP contribution in [0.2, 0.25) is 0 Å². The smallest absolute Gasteiger partial charge is 0.340 e. The second-order valence-corrected chi connectivity index (χ2v) is 7.57. The zero-order chi connectivity index (χ0) is 22.2. The number of ether oxygens (including phenoxy) is 1. The van der Waals surface area contributed by atoms with E-state index >= 15 is 0 Å². The Hall–Kier alpha value is -4.26. The third-order valence-electron chi connectivity index (χ3n) is 5.28. The van der Waals surface area contributed by atoms with E-state index in [0.29, 0.717) is 22.5 Å². The average molecular weight is 425 g/mol. The second kappa shape index (κ2) is 7.77. The lowest BCUT2D eigenvalue weighted by molar-refractivity contribution is 0.0473. The number of fused-ring (bicyclic) bond motifs is 3. The van der Waals surface area contributed by atoms with E-state index in [1.54, 1.807) is 22.9 Å². The first kappa shape index (κ1) is 19.7. The van der Waals surface area contributed by atoms with Crippen molar-refractivity contribution in [1.29, 1.82) is 0 Å². The van der Waals surface area contributed by atoms with E-state index < -0.39 is 11.6 Å². The summed E-state index contributed by atoms with van der Waals surface area (Å²) in [5.41, 5.74) is 2.71. The Kier molecular flexibility index (Phi) is 4.78. The Bertz CT molecular complexity index is 1530. The van der Waals surface area contributed by atoms with Crippen LogP contribution in [0.15, 0.2) is 76.1 Å². The van der Waals surface area contributed by atoms with Gasteiger partial charge < -0.3 is 9.15 Å². The van der Waals surface area contributed by atoms with Gasteiger partial charge in [0, 0.05) is 28.9 Å². The first-order valence-corrected chi connectivity index (χ1v) is 10.1. The van der Waals surface area contributed by atoms with E-state index in [0.717, 1.165) is 27.5 Å². The van der Waals surface area contributed by atoms with Crippen molar-refractivity contribution in [2.45, 2.75) is 20.5 Å². The summed E-state index contributed by atoms with van der Waals surface area (Å²) in [6.07, 6.45) is 1.46. The number of hydrogen-bond acceptors (Lipinski definition) is 6. The van der Waals surface area contributed by atoms with Gasteiger partial charge in [0.25, 0.3) is 0 Å². The number of carbonyl (C=O) groups excluding carboxylic acids is 1. The van der Waals surface area contributed by atoms with Gasteiger partial charge >= 0.3 is 11.6 Å². The van der Waals surface area contributed by atoms with Crippen LogP contribution >= 0.6 is 0 Å². The van der Waals surface area contributed by atoms with Gasteiger partial charge in [-0.15, -0.1) is 0 Å². The molecule has 0 aliphatic carbocycles. The molecule has 0 unspecified atom stereocenters. The lowest BCUT2D eigenvalue weighted by Crippen LogP contribution is -2.09. The van der Waals surface area contributed by atoms with Gasteiger partial charge in [-0.05, 0) is 48.9 Å². The molecule has 7 nitrogen and oxygen atoms in total. The third kappa shape index (κ3) is 3.54. The van der Waals surface area contributed by atoms with Crippen molar-refractivity contribution in [3.05, 3.63) is 99.8 Å². The molecule has 5 aromatic rings. The van der Waals surface area contributed by atoms with Crippen molar-refractivity contribution >= 4 is 27.7 Å². The molecule has 3 aromatic heterocycles. The van der Waals surface area contributed by atoms with Gasteiger partial charge in [0.1, 0.15) is 12.2 Å². The molecule has 32 heavy (non-hydrogen) atoms. The number of benzene rings is 2. The maximum Gasteiger partial charge on any atom is 0.340 e. The molecule has 3 heterocycles. The minimum absolute atomic E-state index is 0.0614. The summed E-state index contributed by atoms with van der Waals surface area (Å²) >= 11 is 0. The van der Waals surface area contributed by atoms with Gasteiger partial charge in [-0.3, -0.25) is 0 Å². The molecule has 0 aliphatic rings. The molecule has 0 saturated heterocycles. The highest BCUT2D eigenvalue weighted by molar-refractivity contribution is 6.07. The number of hydrogen-bond donors (Lipinski definition) is 0. The van der Waals surface area contributed by atoms with Crippen molar-refractivity contribution in [2.75, 3.05) is 0 Å². The van der Waals surface area contributed by atoms with Gasteiger partial charge in [0.15, 0.2) is 5.82 Å². The summed E-state index contributed by atoms with van der Waals surface area (Å²) in [6, 6.07) is 18.1. The molecule has 158 valence electrons. The number of carbonyl (C=O) groups is 1. The van der Waals surface area contributed by atoms with Crippen LogP contribution in [0, 0.1) is 13.8 Å². The molecule has 0 spiro atoms. The molecule has 2 aromatic carbocycles. The molecular weight excluding hydrogens is 406 g/mol. The quantitative estimate of drug-likeness (QED) is 0.239. The Labute approximate surface area is 182 Å². The molecule has 0 saturated carbocycles. The van der Waals surface area contributed by atoms with E-state index in [1.165, 1.54) is 12.3 Å². The van der Waals surface area contributed by atoms with E-state index in [1.807, 2.05) is 50.2 Å². The molecule has 0 aliphatic heterocycles. The normalized spacial score (nSPS) is 11.2. The fourth-order valence-electron chi connectivity index (χ4n) is 3.85. The van der Waals surface area contributed by atoms with E-state index in [-0.39, 0.29) is 6.61 Å². The van der Waals surface area contributed by atoms with Crippen LogP contribution in [0.5, 0.6) is 0 Å². The molecule has 0 fully saturated rings. The van der Waals surface area contributed by atoms with Crippen LogP contribution in [-0.4, -0.2) is 20.7 Å². The van der Waals surface area contributed by atoms with Crippen molar-refractivity contribution in [2.24, 2.45) is 0 Å². The topological polar surface area (TPSA) is 87.2 Å². The van der Waals surface area contributed by atoms with E-state index in [4.69, 9.17) is 9.15 Å². The first-order chi connectivity index (χ1) is 15.5. The summed E-state index contributed by atoms with van der Waals surface area (Å²) < 4.78 is 12.6.